The average molecular weight is 487 g/mol. The van der Waals surface area contributed by atoms with Crippen molar-refractivity contribution in [2.75, 3.05) is 0 Å². The van der Waals surface area contributed by atoms with Crippen LogP contribution in [-0.2, 0) is 18.3 Å². The van der Waals surface area contributed by atoms with Crippen molar-refractivity contribution in [2.45, 2.75) is 85.5 Å². The van der Waals surface area contributed by atoms with Crippen molar-refractivity contribution in [3.63, 3.8) is 0 Å². The van der Waals surface area contributed by atoms with Crippen LogP contribution in [0.5, 0.6) is 0 Å². The first-order valence-electron chi connectivity index (χ1n) is 14.3. The number of fused-ring (bicyclic) bond motifs is 3. The molecule has 0 bridgehead atoms. The van der Waals surface area contributed by atoms with E-state index in [0.29, 0.717) is 0 Å². The molecule has 0 radical (unpaired) electrons. The van der Waals surface area contributed by atoms with Gasteiger partial charge in [-0.15, -0.1) is 0 Å². The van der Waals surface area contributed by atoms with Gasteiger partial charge in [0.05, 0.1) is 5.41 Å². The first-order chi connectivity index (χ1) is 17.9. The van der Waals surface area contributed by atoms with E-state index in [1.807, 2.05) is 0 Å². The number of hydrogen-bond acceptors (Lipinski definition) is 0. The molecule has 0 aromatic heterocycles. The molecule has 0 N–H and O–H groups in total. The van der Waals surface area contributed by atoms with Gasteiger partial charge >= 0.3 is 0 Å². The van der Waals surface area contributed by atoms with E-state index in [1.165, 1.54) is 92.4 Å². The van der Waals surface area contributed by atoms with Crippen LogP contribution >= 0.6 is 0 Å². The van der Waals surface area contributed by atoms with Crippen molar-refractivity contribution in [3.05, 3.63) is 128 Å². The van der Waals surface area contributed by atoms with Gasteiger partial charge in [-0.25, -0.2) is 0 Å². The lowest BCUT2D eigenvalue weighted by molar-refractivity contribution is 0.757. The Labute approximate surface area is 224 Å². The van der Waals surface area contributed by atoms with Gasteiger partial charge in [0, 0.05) is 0 Å². The Balaban J connectivity index is 1.81. The Morgan fingerprint density at radius 1 is 0.486 bits per heavy atom. The molecule has 0 amide bonds. The summed E-state index contributed by atoms with van der Waals surface area (Å²) in [6, 6.07) is 29.0. The molecule has 0 atom stereocenters. The maximum Gasteiger partial charge on any atom is 0.0713 e. The van der Waals surface area contributed by atoms with E-state index in [-0.39, 0.29) is 5.41 Å². The predicted molar refractivity (Wildman–Crippen MR) is 160 cm³/mol. The number of hydrogen-bond donors (Lipinski definition) is 0. The number of unbranched alkanes of at least 4 members (excludes halogenated alkanes) is 2. The quantitative estimate of drug-likeness (QED) is 0.205. The predicted octanol–water partition coefficient (Wildman–Crippen LogP) is 9.97. The molecule has 1 aliphatic rings. The third kappa shape index (κ3) is 4.35. The highest BCUT2D eigenvalue weighted by Crippen LogP contribution is 2.57. The Morgan fingerprint density at radius 2 is 0.838 bits per heavy atom. The van der Waals surface area contributed by atoms with Crippen LogP contribution in [0.4, 0.5) is 0 Å². The van der Waals surface area contributed by atoms with Crippen molar-refractivity contribution < 1.29 is 0 Å². The Morgan fingerprint density at radius 3 is 1.19 bits per heavy atom. The van der Waals surface area contributed by atoms with Crippen molar-refractivity contribution in [1.29, 1.82) is 0 Å². The van der Waals surface area contributed by atoms with E-state index in [9.17, 15) is 0 Å². The Kier molecular flexibility index (Phi) is 7.13. The van der Waals surface area contributed by atoms with E-state index in [4.69, 9.17) is 0 Å². The minimum atomic E-state index is -0.311. The van der Waals surface area contributed by atoms with E-state index in [0.717, 1.165) is 12.8 Å². The summed E-state index contributed by atoms with van der Waals surface area (Å²) < 4.78 is 0. The van der Waals surface area contributed by atoms with Crippen LogP contribution in [-0.4, -0.2) is 0 Å². The van der Waals surface area contributed by atoms with Crippen molar-refractivity contribution in [2.24, 2.45) is 0 Å². The second kappa shape index (κ2) is 10.3. The molecule has 0 aliphatic heterocycles. The highest BCUT2D eigenvalue weighted by atomic mass is 14.5. The highest BCUT2D eigenvalue weighted by molar-refractivity contribution is 5.87. The molecule has 0 heterocycles. The molecule has 0 saturated heterocycles. The molecule has 190 valence electrons. The number of aryl methyl sites for hydroxylation is 6. The van der Waals surface area contributed by atoms with E-state index >= 15 is 0 Å². The van der Waals surface area contributed by atoms with Gasteiger partial charge in [-0.1, -0.05) is 99.5 Å². The van der Waals surface area contributed by atoms with Crippen LogP contribution in [0.25, 0.3) is 11.1 Å². The second-order valence-electron chi connectivity index (χ2n) is 11.3. The normalized spacial score (nSPS) is 13.5. The summed E-state index contributed by atoms with van der Waals surface area (Å²) in [5.41, 5.74) is 16.4. The van der Waals surface area contributed by atoms with Gasteiger partial charge < -0.3 is 0 Å². The van der Waals surface area contributed by atoms with Gasteiger partial charge in [0.25, 0.3) is 0 Å². The molecular weight excluding hydrogens is 444 g/mol. The lowest BCUT2D eigenvalue weighted by Crippen LogP contribution is -2.29. The van der Waals surface area contributed by atoms with Crippen molar-refractivity contribution >= 4 is 0 Å². The molecule has 0 nitrogen and oxygen atoms in total. The highest BCUT2D eigenvalue weighted by Gasteiger charge is 2.46. The molecule has 1 aliphatic carbocycles. The van der Waals surface area contributed by atoms with E-state index in [2.05, 4.69) is 114 Å². The minimum absolute atomic E-state index is 0.311. The van der Waals surface area contributed by atoms with E-state index in [1.54, 1.807) is 0 Å². The van der Waals surface area contributed by atoms with Crippen LogP contribution in [0.3, 0.4) is 0 Å². The molecule has 5 rings (SSSR count). The molecule has 0 unspecified atom stereocenters. The van der Waals surface area contributed by atoms with Gasteiger partial charge in [-0.2, -0.15) is 0 Å². The standard InChI is InChI=1S/C37H42/c1-7-9-11-29-13-17-31(18-14-29)37(32-19-15-30(16-20-32)12-10-8-2)35-23-27(5)25(3)21-33(35)34-22-26(4)28(6)24-36(34)37/h13-24H,7-12H2,1-6H3. The summed E-state index contributed by atoms with van der Waals surface area (Å²) in [6.07, 6.45) is 7.25. The van der Waals surface area contributed by atoms with Crippen molar-refractivity contribution in [3.8, 4) is 11.1 Å². The Bertz CT molecular complexity index is 1290. The maximum atomic E-state index is 2.48. The number of rotatable bonds is 8. The van der Waals surface area contributed by atoms with Gasteiger partial charge in [-0.05, 0) is 120 Å². The molecule has 0 heteroatoms. The summed E-state index contributed by atoms with van der Waals surface area (Å²) in [5, 5.41) is 0. The van der Waals surface area contributed by atoms with Crippen LogP contribution in [0.1, 0.15) is 95.2 Å². The van der Waals surface area contributed by atoms with Gasteiger partial charge in [0.15, 0.2) is 0 Å². The summed E-state index contributed by atoms with van der Waals surface area (Å²) in [5.74, 6) is 0. The largest absolute Gasteiger partial charge is 0.0713 e. The molecular formula is C37H42. The molecule has 4 aromatic carbocycles. The molecule has 0 fully saturated rings. The third-order valence-electron chi connectivity index (χ3n) is 8.78. The average Bonchev–Trinajstić information content (AvgIpc) is 3.16. The first kappa shape index (κ1) is 25.5. The molecule has 4 aromatic rings. The fourth-order valence-electron chi connectivity index (χ4n) is 6.24. The SMILES string of the molecule is CCCCc1ccc(C2(c3ccc(CCCC)cc3)c3cc(C)c(C)cc3-c3cc(C)c(C)cc32)cc1. The summed E-state index contributed by atoms with van der Waals surface area (Å²) in [4.78, 5) is 0. The van der Waals surface area contributed by atoms with E-state index < -0.39 is 0 Å². The second-order valence-corrected chi connectivity index (χ2v) is 11.3. The summed E-state index contributed by atoms with van der Waals surface area (Å²) >= 11 is 0. The van der Waals surface area contributed by atoms with Crippen LogP contribution < -0.4 is 0 Å². The maximum absolute atomic E-state index is 2.48. The fourth-order valence-corrected chi connectivity index (χ4v) is 6.24. The van der Waals surface area contributed by atoms with Crippen molar-refractivity contribution in [1.82, 2.24) is 0 Å². The molecule has 37 heavy (non-hydrogen) atoms. The zero-order chi connectivity index (χ0) is 26.2. The van der Waals surface area contributed by atoms with Gasteiger partial charge in [0.2, 0.25) is 0 Å². The Hall–Kier alpha value is -3.12. The third-order valence-corrected chi connectivity index (χ3v) is 8.78. The minimum Gasteiger partial charge on any atom is -0.0654 e. The lowest BCUT2D eigenvalue weighted by Gasteiger charge is -2.34. The molecule has 0 spiro atoms. The fraction of sp³-hybridized carbons (Fsp3) is 0.351. The number of benzene rings is 4. The van der Waals surface area contributed by atoms with Crippen LogP contribution in [0.15, 0.2) is 72.8 Å². The van der Waals surface area contributed by atoms with Crippen LogP contribution in [0.2, 0.25) is 0 Å². The monoisotopic (exact) mass is 486 g/mol. The van der Waals surface area contributed by atoms with Crippen LogP contribution in [0, 0.1) is 27.7 Å². The zero-order valence-electron chi connectivity index (χ0n) is 23.7. The van der Waals surface area contributed by atoms with Gasteiger partial charge in [0.1, 0.15) is 0 Å². The first-order valence-corrected chi connectivity index (χ1v) is 14.3. The van der Waals surface area contributed by atoms with Gasteiger partial charge in [-0.3, -0.25) is 0 Å². The summed E-state index contributed by atoms with van der Waals surface area (Å²) in [6.45, 7) is 13.6. The summed E-state index contributed by atoms with van der Waals surface area (Å²) in [7, 11) is 0. The smallest absolute Gasteiger partial charge is 0.0654 e. The molecule has 0 saturated carbocycles. The lowest BCUT2D eigenvalue weighted by atomic mass is 9.67. The topological polar surface area (TPSA) is 0 Å². The zero-order valence-corrected chi connectivity index (χ0v) is 23.7.